The van der Waals surface area contributed by atoms with Crippen molar-refractivity contribution in [3.8, 4) is 0 Å². The molecule has 3 heterocycles. The molecule has 0 spiro atoms. The van der Waals surface area contributed by atoms with Crippen LogP contribution in [0.15, 0.2) is 53.3 Å². The Morgan fingerprint density at radius 1 is 1.17 bits per heavy atom. The Morgan fingerprint density at radius 3 is 2.92 bits per heavy atom. The molecular formula is C18H21N5O. The molecule has 1 atom stereocenters. The Labute approximate surface area is 141 Å². The molecule has 0 N–H and O–H groups in total. The zero-order valence-corrected chi connectivity index (χ0v) is 13.6. The summed E-state index contributed by atoms with van der Waals surface area (Å²) < 4.78 is 7.45. The van der Waals surface area contributed by atoms with Crippen LogP contribution in [0, 0.1) is 0 Å². The smallest absolute Gasteiger partial charge is 0.240 e. The van der Waals surface area contributed by atoms with Crippen LogP contribution in [0.5, 0.6) is 0 Å². The van der Waals surface area contributed by atoms with E-state index in [0.29, 0.717) is 24.9 Å². The fraction of sp³-hybridized carbons (Fsp3) is 0.389. The van der Waals surface area contributed by atoms with E-state index in [9.17, 15) is 0 Å². The summed E-state index contributed by atoms with van der Waals surface area (Å²) in [7, 11) is 0. The van der Waals surface area contributed by atoms with Gasteiger partial charge in [0.25, 0.3) is 0 Å². The van der Waals surface area contributed by atoms with E-state index in [1.54, 1.807) is 0 Å². The van der Waals surface area contributed by atoms with E-state index in [4.69, 9.17) is 4.52 Å². The number of benzene rings is 1. The monoisotopic (exact) mass is 323 g/mol. The topological polar surface area (TPSA) is 60.0 Å². The van der Waals surface area contributed by atoms with Crippen LogP contribution >= 0.6 is 0 Å². The Balaban J connectivity index is 1.38. The van der Waals surface area contributed by atoms with Crippen LogP contribution in [-0.2, 0) is 19.5 Å². The van der Waals surface area contributed by atoms with E-state index in [2.05, 4.69) is 32.3 Å². The van der Waals surface area contributed by atoms with Crippen molar-refractivity contribution in [2.75, 3.05) is 6.54 Å². The highest BCUT2D eigenvalue weighted by Gasteiger charge is 2.26. The lowest BCUT2D eigenvalue weighted by atomic mass is 10.1. The summed E-state index contributed by atoms with van der Waals surface area (Å²) in [6.07, 6.45) is 6.94. The van der Waals surface area contributed by atoms with Crippen molar-refractivity contribution < 1.29 is 4.52 Å². The predicted molar refractivity (Wildman–Crippen MR) is 89.2 cm³/mol. The molecule has 0 aliphatic carbocycles. The molecule has 0 unspecified atom stereocenters. The fourth-order valence-corrected chi connectivity index (χ4v) is 3.31. The van der Waals surface area contributed by atoms with Crippen LogP contribution in [0.4, 0.5) is 0 Å². The van der Waals surface area contributed by atoms with Gasteiger partial charge in [0.1, 0.15) is 0 Å². The van der Waals surface area contributed by atoms with Gasteiger partial charge in [-0.2, -0.15) is 10.1 Å². The molecule has 3 aromatic rings. The quantitative estimate of drug-likeness (QED) is 0.697. The molecule has 0 bridgehead atoms. The van der Waals surface area contributed by atoms with Gasteiger partial charge in [0, 0.05) is 24.9 Å². The number of nitrogens with zero attached hydrogens (tertiary/aromatic N) is 5. The lowest BCUT2D eigenvalue weighted by Crippen LogP contribution is -2.32. The summed E-state index contributed by atoms with van der Waals surface area (Å²) in [6, 6.07) is 12.7. The first kappa shape index (κ1) is 15.1. The van der Waals surface area contributed by atoms with Crippen molar-refractivity contribution in [1.29, 1.82) is 0 Å². The Hall–Kier alpha value is -2.47. The van der Waals surface area contributed by atoms with Crippen molar-refractivity contribution >= 4 is 0 Å². The molecular weight excluding hydrogens is 302 g/mol. The summed E-state index contributed by atoms with van der Waals surface area (Å²) in [5.74, 6) is 1.45. The second kappa shape index (κ2) is 6.97. The van der Waals surface area contributed by atoms with Crippen LogP contribution in [0.3, 0.4) is 0 Å². The highest BCUT2D eigenvalue weighted by molar-refractivity contribution is 5.18. The molecule has 0 saturated carbocycles. The van der Waals surface area contributed by atoms with Gasteiger partial charge in [-0.3, -0.25) is 9.58 Å². The highest BCUT2D eigenvalue weighted by atomic mass is 16.5. The minimum absolute atomic E-state index is 0.481. The molecule has 6 nitrogen and oxygen atoms in total. The van der Waals surface area contributed by atoms with Crippen LogP contribution in [0.1, 0.15) is 30.1 Å². The second-order valence-electron chi connectivity index (χ2n) is 6.26. The lowest BCUT2D eigenvalue weighted by molar-refractivity contribution is 0.192. The van der Waals surface area contributed by atoms with E-state index in [-0.39, 0.29) is 0 Å². The molecule has 2 aromatic heterocycles. The average molecular weight is 323 g/mol. The predicted octanol–water partition coefficient (Wildman–Crippen LogP) is 2.52. The minimum atomic E-state index is 0.481. The summed E-state index contributed by atoms with van der Waals surface area (Å²) in [4.78, 5) is 6.98. The molecule has 124 valence electrons. The van der Waals surface area contributed by atoms with E-state index in [1.165, 1.54) is 18.4 Å². The van der Waals surface area contributed by atoms with Crippen molar-refractivity contribution in [2.45, 2.75) is 38.4 Å². The van der Waals surface area contributed by atoms with E-state index < -0.39 is 0 Å². The van der Waals surface area contributed by atoms with Crippen molar-refractivity contribution in [1.82, 2.24) is 24.8 Å². The Bertz CT molecular complexity index is 753. The van der Waals surface area contributed by atoms with Gasteiger partial charge >= 0.3 is 0 Å². The van der Waals surface area contributed by atoms with Gasteiger partial charge in [0.05, 0.1) is 13.1 Å². The van der Waals surface area contributed by atoms with Crippen LogP contribution in [-0.4, -0.2) is 37.4 Å². The van der Waals surface area contributed by atoms with E-state index in [0.717, 1.165) is 18.9 Å². The van der Waals surface area contributed by atoms with Gasteiger partial charge in [-0.1, -0.05) is 35.5 Å². The third kappa shape index (κ3) is 3.54. The zero-order chi connectivity index (χ0) is 16.2. The number of hydrogen-bond donors (Lipinski definition) is 0. The maximum atomic E-state index is 5.46. The highest BCUT2D eigenvalue weighted by Crippen LogP contribution is 2.21. The first-order valence-corrected chi connectivity index (χ1v) is 8.44. The number of likely N-dealkylation sites (tertiary alicyclic amines) is 1. The van der Waals surface area contributed by atoms with Crippen LogP contribution in [0.2, 0.25) is 0 Å². The standard InChI is InChI=1S/C18H21N5O/c1-2-6-15(7-3-1)12-17-20-18(24-21-17)14-22-10-4-8-16(22)13-23-11-5-9-19-23/h1-3,5-7,9,11,16H,4,8,10,12-14H2/t16-/m0/s1. The molecule has 1 aliphatic heterocycles. The largest absolute Gasteiger partial charge is 0.338 e. The minimum Gasteiger partial charge on any atom is -0.338 e. The SMILES string of the molecule is c1ccc(Cc2noc(CN3CCC[C@H]3Cn3cccn3)n2)cc1. The Morgan fingerprint density at radius 2 is 2.08 bits per heavy atom. The first-order valence-electron chi connectivity index (χ1n) is 8.44. The summed E-state index contributed by atoms with van der Waals surface area (Å²) >= 11 is 0. The van der Waals surface area contributed by atoms with Crippen molar-refractivity contribution in [3.63, 3.8) is 0 Å². The van der Waals surface area contributed by atoms with E-state index in [1.807, 2.05) is 41.3 Å². The molecule has 6 heteroatoms. The molecule has 1 aliphatic rings. The number of aromatic nitrogens is 4. The lowest BCUT2D eigenvalue weighted by Gasteiger charge is -2.22. The molecule has 1 fully saturated rings. The third-order valence-corrected chi connectivity index (χ3v) is 4.51. The third-order valence-electron chi connectivity index (χ3n) is 4.51. The van der Waals surface area contributed by atoms with Gasteiger partial charge in [0.15, 0.2) is 5.82 Å². The molecule has 24 heavy (non-hydrogen) atoms. The van der Waals surface area contributed by atoms with Crippen molar-refractivity contribution in [3.05, 3.63) is 66.1 Å². The summed E-state index contributed by atoms with van der Waals surface area (Å²) in [6.45, 7) is 2.70. The molecule has 1 saturated heterocycles. The first-order chi connectivity index (χ1) is 11.9. The van der Waals surface area contributed by atoms with Crippen LogP contribution in [0.25, 0.3) is 0 Å². The zero-order valence-electron chi connectivity index (χ0n) is 13.6. The summed E-state index contributed by atoms with van der Waals surface area (Å²) in [5, 5.41) is 8.43. The Kier molecular flexibility index (Phi) is 4.38. The van der Waals surface area contributed by atoms with Gasteiger partial charge < -0.3 is 4.52 Å². The second-order valence-corrected chi connectivity index (χ2v) is 6.26. The fourth-order valence-electron chi connectivity index (χ4n) is 3.31. The maximum Gasteiger partial charge on any atom is 0.240 e. The van der Waals surface area contributed by atoms with Gasteiger partial charge in [-0.05, 0) is 31.0 Å². The van der Waals surface area contributed by atoms with E-state index >= 15 is 0 Å². The average Bonchev–Trinajstić information content (AvgIpc) is 3.34. The molecule has 1 aromatic carbocycles. The molecule has 4 rings (SSSR count). The van der Waals surface area contributed by atoms with Crippen LogP contribution < -0.4 is 0 Å². The maximum absolute atomic E-state index is 5.46. The summed E-state index contributed by atoms with van der Waals surface area (Å²) in [5.41, 5.74) is 1.20. The van der Waals surface area contributed by atoms with Gasteiger partial charge in [-0.25, -0.2) is 0 Å². The van der Waals surface area contributed by atoms with Gasteiger partial charge in [0.2, 0.25) is 5.89 Å². The van der Waals surface area contributed by atoms with Crippen molar-refractivity contribution in [2.24, 2.45) is 0 Å². The molecule has 0 radical (unpaired) electrons. The van der Waals surface area contributed by atoms with Gasteiger partial charge in [-0.15, -0.1) is 0 Å². The normalized spacial score (nSPS) is 18.2. The number of hydrogen-bond acceptors (Lipinski definition) is 5. The number of rotatable bonds is 6. The molecule has 0 amide bonds.